The van der Waals surface area contributed by atoms with Crippen LogP contribution in [0, 0.1) is 0 Å². The van der Waals surface area contributed by atoms with Gasteiger partial charge in [0.1, 0.15) is 5.82 Å². The molecule has 2 rings (SSSR count). The van der Waals surface area contributed by atoms with Crippen LogP contribution in [0.3, 0.4) is 0 Å². The first-order valence-electron chi connectivity index (χ1n) is 7.91. The smallest absolute Gasteiger partial charge is 0.270 e. The number of aromatic amines is 1. The highest BCUT2D eigenvalue weighted by molar-refractivity contribution is 5.33. The van der Waals surface area contributed by atoms with Crippen LogP contribution in [0.1, 0.15) is 68.6 Å². The lowest BCUT2D eigenvalue weighted by Gasteiger charge is -2.15. The number of hydrogen-bond acceptors (Lipinski definition) is 1. The Balaban J connectivity index is 2.14. The summed E-state index contributed by atoms with van der Waals surface area (Å²) < 4.78 is 27.3. The third kappa shape index (κ3) is 4.15. The van der Waals surface area contributed by atoms with Crippen LogP contribution in [0.25, 0.3) is 0 Å². The molecule has 120 valence electrons. The molecule has 1 N–H and O–H groups in total. The molecule has 0 saturated carbocycles. The van der Waals surface area contributed by atoms with Crippen LogP contribution in [0.4, 0.5) is 8.78 Å². The molecule has 0 aliphatic rings. The number of H-pyrrole nitrogens is 1. The minimum Gasteiger partial charge on any atom is -0.345 e. The summed E-state index contributed by atoms with van der Waals surface area (Å²) in [7, 11) is 0. The van der Waals surface area contributed by atoms with Gasteiger partial charge in [-0.2, -0.15) is 0 Å². The maximum Gasteiger partial charge on any atom is 0.270 e. The first-order chi connectivity index (χ1) is 10.4. The molecule has 0 amide bonds. The van der Waals surface area contributed by atoms with Crippen molar-refractivity contribution in [3.63, 3.8) is 0 Å². The molecule has 1 aromatic heterocycles. The zero-order valence-electron chi connectivity index (χ0n) is 13.5. The summed E-state index contributed by atoms with van der Waals surface area (Å²) in [6, 6.07) is 6.71. The lowest BCUT2D eigenvalue weighted by Crippen LogP contribution is -2.11. The van der Waals surface area contributed by atoms with Crippen LogP contribution < -0.4 is 0 Å². The second kappa shape index (κ2) is 7.03. The molecule has 22 heavy (non-hydrogen) atoms. The van der Waals surface area contributed by atoms with E-state index in [1.165, 1.54) is 12.5 Å². The molecule has 0 saturated heterocycles. The highest BCUT2D eigenvalue weighted by Crippen LogP contribution is 2.31. The highest BCUT2D eigenvalue weighted by atomic mass is 19.3. The normalized spacial score (nSPS) is 13.3. The monoisotopic (exact) mass is 306 g/mol. The van der Waals surface area contributed by atoms with Gasteiger partial charge in [0.25, 0.3) is 5.92 Å². The molecule has 0 aliphatic carbocycles. The lowest BCUT2D eigenvalue weighted by atomic mass is 9.99. The number of rotatable bonds is 7. The molecule has 2 nitrogen and oxygen atoms in total. The van der Waals surface area contributed by atoms with Gasteiger partial charge < -0.3 is 4.98 Å². The molecule has 1 aromatic carbocycles. The second-order valence-corrected chi connectivity index (χ2v) is 6.06. The standard InChI is InChI=1S/C18H24F2N2/c1-4-5-8-13(2)17-21-12-15(22-17)11-14-9-6-7-10-16(14)18(3,19)20/h6-7,9-10,12-13H,4-5,8,11H2,1-3H3,(H,21,22). The molecule has 0 fully saturated rings. The van der Waals surface area contributed by atoms with E-state index in [1.54, 1.807) is 24.4 Å². The molecule has 1 unspecified atom stereocenters. The van der Waals surface area contributed by atoms with Crippen molar-refractivity contribution in [3.05, 3.63) is 53.1 Å². The Morgan fingerprint density at radius 1 is 1.27 bits per heavy atom. The summed E-state index contributed by atoms with van der Waals surface area (Å²) in [5.41, 5.74) is 1.62. The van der Waals surface area contributed by atoms with Gasteiger partial charge in [0.15, 0.2) is 0 Å². The fourth-order valence-electron chi connectivity index (χ4n) is 2.67. The summed E-state index contributed by atoms with van der Waals surface area (Å²) in [6.45, 7) is 5.26. The van der Waals surface area contributed by atoms with Crippen LogP contribution >= 0.6 is 0 Å². The average molecular weight is 306 g/mol. The van der Waals surface area contributed by atoms with Crippen molar-refractivity contribution in [1.82, 2.24) is 9.97 Å². The highest BCUT2D eigenvalue weighted by Gasteiger charge is 2.27. The molecule has 1 atom stereocenters. The predicted octanol–water partition coefficient (Wildman–Crippen LogP) is 5.41. The van der Waals surface area contributed by atoms with Crippen molar-refractivity contribution >= 4 is 0 Å². The van der Waals surface area contributed by atoms with Gasteiger partial charge in [-0.25, -0.2) is 13.8 Å². The molecular weight excluding hydrogens is 282 g/mol. The first-order valence-corrected chi connectivity index (χ1v) is 7.91. The minimum atomic E-state index is -2.83. The van der Waals surface area contributed by atoms with Crippen LogP contribution in [-0.4, -0.2) is 9.97 Å². The lowest BCUT2D eigenvalue weighted by molar-refractivity contribution is 0.0166. The van der Waals surface area contributed by atoms with E-state index < -0.39 is 5.92 Å². The van der Waals surface area contributed by atoms with E-state index in [2.05, 4.69) is 23.8 Å². The maximum atomic E-state index is 13.7. The van der Waals surface area contributed by atoms with E-state index in [1.807, 2.05) is 0 Å². The summed E-state index contributed by atoms with van der Waals surface area (Å²) in [5, 5.41) is 0. The number of nitrogens with zero attached hydrogens (tertiary/aromatic N) is 1. The SMILES string of the molecule is CCCCC(C)c1ncc(Cc2ccccc2C(C)(F)F)[nH]1. The van der Waals surface area contributed by atoms with Gasteiger partial charge in [-0.05, 0) is 12.0 Å². The molecule has 0 spiro atoms. The minimum absolute atomic E-state index is 0.0881. The van der Waals surface area contributed by atoms with Crippen molar-refractivity contribution in [2.24, 2.45) is 0 Å². The molecule has 1 heterocycles. The Morgan fingerprint density at radius 3 is 2.68 bits per heavy atom. The maximum absolute atomic E-state index is 13.7. The third-order valence-electron chi connectivity index (χ3n) is 3.98. The van der Waals surface area contributed by atoms with E-state index >= 15 is 0 Å². The van der Waals surface area contributed by atoms with Gasteiger partial charge in [-0.1, -0.05) is 51.0 Å². The predicted molar refractivity (Wildman–Crippen MR) is 85.3 cm³/mol. The van der Waals surface area contributed by atoms with Crippen molar-refractivity contribution in [2.75, 3.05) is 0 Å². The first kappa shape index (κ1) is 16.7. The number of nitrogens with one attached hydrogen (secondary N) is 1. The van der Waals surface area contributed by atoms with Crippen molar-refractivity contribution in [3.8, 4) is 0 Å². The van der Waals surface area contributed by atoms with Gasteiger partial charge in [0.05, 0.1) is 0 Å². The number of benzene rings is 1. The average Bonchev–Trinajstić information content (AvgIpc) is 2.93. The molecule has 0 bridgehead atoms. The topological polar surface area (TPSA) is 28.7 Å². The van der Waals surface area contributed by atoms with E-state index in [4.69, 9.17) is 0 Å². The molecule has 4 heteroatoms. The van der Waals surface area contributed by atoms with Gasteiger partial charge in [-0.3, -0.25) is 0 Å². The molecule has 0 aliphatic heterocycles. The number of halogens is 2. The zero-order chi connectivity index (χ0) is 16.2. The zero-order valence-corrected chi connectivity index (χ0v) is 13.5. The number of unbranched alkanes of at least 4 members (excludes halogenated alkanes) is 1. The number of aromatic nitrogens is 2. The van der Waals surface area contributed by atoms with Gasteiger partial charge >= 0.3 is 0 Å². The number of imidazole rings is 1. The van der Waals surface area contributed by atoms with Crippen LogP contribution in [-0.2, 0) is 12.3 Å². The Labute approximate surface area is 131 Å². The van der Waals surface area contributed by atoms with E-state index in [-0.39, 0.29) is 5.56 Å². The largest absolute Gasteiger partial charge is 0.345 e. The Bertz CT molecular complexity index is 599. The van der Waals surface area contributed by atoms with Crippen LogP contribution in [0.5, 0.6) is 0 Å². The quantitative estimate of drug-likeness (QED) is 0.728. The Hall–Kier alpha value is -1.71. The molecule has 2 aromatic rings. The van der Waals surface area contributed by atoms with Gasteiger partial charge in [0, 0.05) is 36.7 Å². The number of alkyl halides is 2. The van der Waals surface area contributed by atoms with E-state index in [0.29, 0.717) is 17.9 Å². The van der Waals surface area contributed by atoms with Crippen molar-refractivity contribution < 1.29 is 8.78 Å². The fourth-order valence-corrected chi connectivity index (χ4v) is 2.67. The second-order valence-electron chi connectivity index (χ2n) is 6.06. The Morgan fingerprint density at radius 2 is 2.00 bits per heavy atom. The van der Waals surface area contributed by atoms with Crippen molar-refractivity contribution in [1.29, 1.82) is 0 Å². The van der Waals surface area contributed by atoms with Gasteiger partial charge in [-0.15, -0.1) is 0 Å². The van der Waals surface area contributed by atoms with E-state index in [0.717, 1.165) is 31.3 Å². The van der Waals surface area contributed by atoms with E-state index in [9.17, 15) is 8.78 Å². The van der Waals surface area contributed by atoms with Gasteiger partial charge in [0.2, 0.25) is 0 Å². The summed E-state index contributed by atoms with van der Waals surface area (Å²) in [4.78, 5) is 7.71. The fraction of sp³-hybridized carbons (Fsp3) is 0.500. The molecular formula is C18H24F2N2. The van der Waals surface area contributed by atoms with Crippen LogP contribution in [0.15, 0.2) is 30.5 Å². The van der Waals surface area contributed by atoms with Crippen molar-refractivity contribution in [2.45, 2.75) is 58.3 Å². The summed E-state index contributed by atoms with van der Waals surface area (Å²) >= 11 is 0. The van der Waals surface area contributed by atoms with Crippen LogP contribution in [0.2, 0.25) is 0 Å². The third-order valence-corrected chi connectivity index (χ3v) is 3.98. The molecule has 0 radical (unpaired) electrons. The Kier molecular flexibility index (Phi) is 5.33. The summed E-state index contributed by atoms with van der Waals surface area (Å²) in [5.74, 6) is -1.51. The summed E-state index contributed by atoms with van der Waals surface area (Å²) in [6.07, 6.45) is 5.64. The number of hydrogen-bond donors (Lipinski definition) is 1.